The number of hydrogen-bond acceptors (Lipinski definition) is 5. The quantitative estimate of drug-likeness (QED) is 0.750. The van der Waals surface area contributed by atoms with E-state index in [0.29, 0.717) is 17.4 Å². The fourth-order valence-corrected chi connectivity index (χ4v) is 2.03. The lowest BCUT2D eigenvalue weighted by Crippen LogP contribution is -2.00. The Morgan fingerprint density at radius 3 is 3.06 bits per heavy atom. The highest BCUT2D eigenvalue weighted by Gasteiger charge is 2.13. The third-order valence-electron chi connectivity index (χ3n) is 1.95. The molecule has 2 aromatic rings. The molecule has 0 aliphatic carbocycles. The van der Waals surface area contributed by atoms with E-state index in [0.717, 1.165) is 17.2 Å². The average Bonchev–Trinajstić information content (AvgIpc) is 2.83. The number of hydrogen-bond donors (Lipinski definition) is 3. The van der Waals surface area contributed by atoms with E-state index in [2.05, 4.69) is 20.3 Å². The van der Waals surface area contributed by atoms with Crippen molar-refractivity contribution in [3.63, 3.8) is 0 Å². The van der Waals surface area contributed by atoms with Gasteiger partial charge in [0.15, 0.2) is 5.13 Å². The van der Waals surface area contributed by atoms with Crippen LogP contribution < -0.4 is 5.32 Å². The highest BCUT2D eigenvalue weighted by atomic mass is 32.1. The Morgan fingerprint density at radius 1 is 1.69 bits per heavy atom. The maximum atomic E-state index is 10.8. The molecule has 3 N–H and O–H groups in total. The average molecular weight is 238 g/mol. The van der Waals surface area contributed by atoms with Gasteiger partial charge in [-0.25, -0.2) is 14.8 Å². The lowest BCUT2D eigenvalue weighted by Gasteiger charge is -1.97. The van der Waals surface area contributed by atoms with Gasteiger partial charge in [-0.3, -0.25) is 0 Å². The van der Waals surface area contributed by atoms with E-state index in [4.69, 9.17) is 5.11 Å². The fraction of sp³-hybridized carbons (Fsp3) is 0.222. The number of H-pyrrole nitrogens is 1. The van der Waals surface area contributed by atoms with Gasteiger partial charge in [-0.05, 0) is 6.92 Å². The molecule has 0 radical (unpaired) electrons. The van der Waals surface area contributed by atoms with Crippen LogP contribution in [0.5, 0.6) is 0 Å². The van der Waals surface area contributed by atoms with Crippen LogP contribution in [-0.2, 0) is 6.54 Å². The zero-order chi connectivity index (χ0) is 11.5. The Labute approximate surface area is 95.4 Å². The number of aromatic carboxylic acids is 1. The van der Waals surface area contributed by atoms with Gasteiger partial charge in [0.2, 0.25) is 0 Å². The SMILES string of the molecule is Cc1nc(NCc2ncc[nH]2)sc1C(=O)O. The van der Waals surface area contributed by atoms with Crippen molar-refractivity contribution in [2.45, 2.75) is 13.5 Å². The first kappa shape index (κ1) is 10.6. The van der Waals surface area contributed by atoms with Crippen molar-refractivity contribution >= 4 is 22.4 Å². The summed E-state index contributed by atoms with van der Waals surface area (Å²) < 4.78 is 0. The maximum absolute atomic E-state index is 10.8. The molecule has 0 bridgehead atoms. The molecule has 0 saturated carbocycles. The van der Waals surface area contributed by atoms with Crippen molar-refractivity contribution in [3.8, 4) is 0 Å². The minimum Gasteiger partial charge on any atom is -0.477 e. The van der Waals surface area contributed by atoms with Crippen LogP contribution >= 0.6 is 11.3 Å². The molecule has 0 unspecified atom stereocenters. The molecular formula is C9H10N4O2S. The Kier molecular flexibility index (Phi) is 2.86. The normalized spacial score (nSPS) is 10.3. The summed E-state index contributed by atoms with van der Waals surface area (Å²) in [6.45, 7) is 2.18. The standard InChI is InChI=1S/C9H10N4O2S/c1-5-7(8(14)15)16-9(13-5)12-4-6-10-2-3-11-6/h2-3H,4H2,1H3,(H,10,11)(H,12,13)(H,14,15). The number of carboxylic acid groups (broad SMARTS) is 1. The van der Waals surface area contributed by atoms with E-state index < -0.39 is 5.97 Å². The second kappa shape index (κ2) is 4.31. The predicted octanol–water partition coefficient (Wildman–Crippen LogP) is 1.48. The summed E-state index contributed by atoms with van der Waals surface area (Å²) in [6.07, 6.45) is 3.39. The van der Waals surface area contributed by atoms with Gasteiger partial charge < -0.3 is 15.4 Å². The molecule has 0 aliphatic rings. The van der Waals surface area contributed by atoms with Gasteiger partial charge >= 0.3 is 5.97 Å². The van der Waals surface area contributed by atoms with E-state index >= 15 is 0 Å². The molecule has 0 aromatic carbocycles. The number of nitrogens with one attached hydrogen (secondary N) is 2. The summed E-state index contributed by atoms with van der Waals surface area (Å²) in [6, 6.07) is 0. The zero-order valence-corrected chi connectivity index (χ0v) is 9.34. The molecule has 16 heavy (non-hydrogen) atoms. The van der Waals surface area contributed by atoms with Crippen LogP contribution in [0.1, 0.15) is 21.2 Å². The molecule has 2 heterocycles. The number of thiazole rings is 1. The van der Waals surface area contributed by atoms with Crippen LogP contribution in [0.4, 0.5) is 5.13 Å². The van der Waals surface area contributed by atoms with Gasteiger partial charge in [0.1, 0.15) is 10.7 Å². The summed E-state index contributed by atoms with van der Waals surface area (Å²) in [4.78, 5) is 22.2. The van der Waals surface area contributed by atoms with E-state index in [9.17, 15) is 4.79 Å². The number of carbonyl (C=O) groups is 1. The molecule has 0 fully saturated rings. The topological polar surface area (TPSA) is 90.9 Å². The molecule has 7 heteroatoms. The van der Waals surface area contributed by atoms with Gasteiger partial charge in [0.05, 0.1) is 12.2 Å². The summed E-state index contributed by atoms with van der Waals surface area (Å²) in [5, 5.41) is 12.5. The van der Waals surface area contributed by atoms with Crippen molar-refractivity contribution in [1.29, 1.82) is 0 Å². The van der Waals surface area contributed by atoms with Gasteiger partial charge in [-0.15, -0.1) is 0 Å². The van der Waals surface area contributed by atoms with Crippen molar-refractivity contribution in [2.75, 3.05) is 5.32 Å². The highest BCUT2D eigenvalue weighted by molar-refractivity contribution is 7.17. The smallest absolute Gasteiger partial charge is 0.347 e. The lowest BCUT2D eigenvalue weighted by molar-refractivity contribution is 0.0701. The van der Waals surface area contributed by atoms with Crippen molar-refractivity contribution in [1.82, 2.24) is 15.0 Å². The van der Waals surface area contributed by atoms with Gasteiger partial charge in [-0.2, -0.15) is 0 Å². The maximum Gasteiger partial charge on any atom is 0.347 e. The summed E-state index contributed by atoms with van der Waals surface area (Å²) in [7, 11) is 0. The monoisotopic (exact) mass is 238 g/mol. The number of aromatic nitrogens is 3. The number of aryl methyl sites for hydroxylation is 1. The molecule has 0 spiro atoms. The van der Waals surface area contributed by atoms with E-state index in [1.807, 2.05) is 0 Å². The number of carboxylic acids is 1. The van der Waals surface area contributed by atoms with Gasteiger partial charge in [-0.1, -0.05) is 11.3 Å². The van der Waals surface area contributed by atoms with Gasteiger partial charge in [0.25, 0.3) is 0 Å². The first-order chi connectivity index (χ1) is 7.66. The number of imidazole rings is 1. The molecule has 0 atom stereocenters. The van der Waals surface area contributed by atoms with Crippen LogP contribution in [0.2, 0.25) is 0 Å². The number of anilines is 1. The minimum absolute atomic E-state index is 0.266. The number of rotatable bonds is 4. The molecular weight excluding hydrogens is 228 g/mol. The largest absolute Gasteiger partial charge is 0.477 e. The molecule has 2 rings (SSSR count). The summed E-state index contributed by atoms with van der Waals surface area (Å²) in [5.41, 5.74) is 0.527. The van der Waals surface area contributed by atoms with Gasteiger partial charge in [0, 0.05) is 12.4 Å². The second-order valence-corrected chi connectivity index (χ2v) is 4.13. The van der Waals surface area contributed by atoms with Crippen LogP contribution in [0, 0.1) is 6.92 Å². The Morgan fingerprint density at radius 2 is 2.50 bits per heavy atom. The highest BCUT2D eigenvalue weighted by Crippen LogP contribution is 2.22. The van der Waals surface area contributed by atoms with E-state index in [1.54, 1.807) is 19.3 Å². The van der Waals surface area contributed by atoms with E-state index in [1.165, 1.54) is 0 Å². The minimum atomic E-state index is -0.943. The van der Waals surface area contributed by atoms with Crippen LogP contribution in [0.3, 0.4) is 0 Å². The van der Waals surface area contributed by atoms with Crippen LogP contribution in [0.25, 0.3) is 0 Å². The molecule has 0 amide bonds. The Hall–Kier alpha value is -1.89. The summed E-state index contributed by atoms with van der Waals surface area (Å²) in [5.74, 6) is -0.161. The summed E-state index contributed by atoms with van der Waals surface area (Å²) >= 11 is 1.13. The van der Waals surface area contributed by atoms with Crippen LogP contribution in [-0.4, -0.2) is 26.0 Å². The molecule has 84 valence electrons. The second-order valence-electron chi connectivity index (χ2n) is 3.13. The third-order valence-corrected chi connectivity index (χ3v) is 3.06. The molecule has 0 aliphatic heterocycles. The van der Waals surface area contributed by atoms with E-state index in [-0.39, 0.29) is 4.88 Å². The number of aromatic amines is 1. The Balaban J connectivity index is 2.05. The zero-order valence-electron chi connectivity index (χ0n) is 8.52. The Bertz CT molecular complexity index is 492. The fourth-order valence-electron chi connectivity index (χ4n) is 1.22. The molecule has 2 aromatic heterocycles. The molecule has 0 saturated heterocycles. The van der Waals surface area contributed by atoms with Crippen molar-refractivity contribution in [3.05, 3.63) is 28.8 Å². The first-order valence-electron chi connectivity index (χ1n) is 4.59. The predicted molar refractivity (Wildman–Crippen MR) is 59.7 cm³/mol. The lowest BCUT2D eigenvalue weighted by atomic mass is 10.4. The molecule has 6 nitrogen and oxygen atoms in total. The first-order valence-corrected chi connectivity index (χ1v) is 5.41. The third kappa shape index (κ3) is 2.19. The van der Waals surface area contributed by atoms with Crippen LogP contribution in [0.15, 0.2) is 12.4 Å². The number of nitrogens with zero attached hydrogens (tertiary/aromatic N) is 2. The van der Waals surface area contributed by atoms with Crippen molar-refractivity contribution in [2.24, 2.45) is 0 Å². The van der Waals surface area contributed by atoms with Crippen molar-refractivity contribution < 1.29 is 9.90 Å².